The second-order valence-electron chi connectivity index (χ2n) is 4.25. The van der Waals surface area contributed by atoms with Gasteiger partial charge in [-0.1, -0.05) is 0 Å². The SMILES string of the molecule is CCn1ccc2c(N3CCOCC3)nc(Cl)nc21. The number of anilines is 1. The molecule has 0 radical (unpaired) electrons. The van der Waals surface area contributed by atoms with Crippen molar-refractivity contribution in [3.8, 4) is 0 Å². The number of nitrogens with zero attached hydrogens (tertiary/aromatic N) is 4. The highest BCUT2D eigenvalue weighted by Crippen LogP contribution is 2.26. The van der Waals surface area contributed by atoms with Gasteiger partial charge in [-0.3, -0.25) is 0 Å². The lowest BCUT2D eigenvalue weighted by Crippen LogP contribution is -2.36. The Kier molecular flexibility index (Phi) is 3.09. The summed E-state index contributed by atoms with van der Waals surface area (Å²) in [5.41, 5.74) is 0.902. The number of aromatic nitrogens is 3. The van der Waals surface area contributed by atoms with Gasteiger partial charge < -0.3 is 14.2 Å². The van der Waals surface area contributed by atoms with E-state index in [-0.39, 0.29) is 0 Å². The highest BCUT2D eigenvalue weighted by Gasteiger charge is 2.18. The second kappa shape index (κ2) is 4.74. The first-order valence-corrected chi connectivity index (χ1v) is 6.52. The fourth-order valence-corrected chi connectivity index (χ4v) is 2.45. The summed E-state index contributed by atoms with van der Waals surface area (Å²) in [6.07, 6.45) is 2.03. The van der Waals surface area contributed by atoms with Gasteiger partial charge in [0.2, 0.25) is 5.28 Å². The molecule has 0 bridgehead atoms. The summed E-state index contributed by atoms with van der Waals surface area (Å²) >= 11 is 6.04. The van der Waals surface area contributed by atoms with Crippen molar-refractivity contribution < 1.29 is 4.74 Å². The van der Waals surface area contributed by atoms with Crippen molar-refractivity contribution in [1.29, 1.82) is 0 Å². The van der Waals surface area contributed by atoms with Crippen LogP contribution in [0, 0.1) is 0 Å². The average molecular weight is 267 g/mol. The Balaban J connectivity index is 2.12. The summed E-state index contributed by atoms with van der Waals surface area (Å²) in [6, 6.07) is 2.06. The molecule has 1 saturated heterocycles. The lowest BCUT2D eigenvalue weighted by atomic mass is 10.3. The van der Waals surface area contributed by atoms with Crippen LogP contribution >= 0.6 is 11.6 Å². The first-order valence-electron chi connectivity index (χ1n) is 6.14. The Morgan fingerprint density at radius 3 is 2.83 bits per heavy atom. The standard InChI is InChI=1S/C12H15ClN4O/c1-2-16-4-3-9-10(16)14-12(13)15-11(9)17-5-7-18-8-6-17/h3-4H,2,5-8H2,1H3. The Labute approximate surface area is 110 Å². The van der Waals surface area contributed by atoms with Gasteiger partial charge in [-0.15, -0.1) is 0 Å². The van der Waals surface area contributed by atoms with Crippen molar-refractivity contribution in [3.05, 3.63) is 17.5 Å². The molecule has 5 nitrogen and oxygen atoms in total. The highest BCUT2D eigenvalue weighted by molar-refractivity contribution is 6.28. The Bertz CT molecular complexity index is 562. The molecule has 96 valence electrons. The molecule has 0 unspecified atom stereocenters. The lowest BCUT2D eigenvalue weighted by molar-refractivity contribution is 0.122. The Hall–Kier alpha value is -1.33. The highest BCUT2D eigenvalue weighted by atomic mass is 35.5. The van der Waals surface area contributed by atoms with E-state index < -0.39 is 0 Å². The van der Waals surface area contributed by atoms with Crippen LogP contribution in [-0.4, -0.2) is 40.8 Å². The predicted octanol–water partition coefficient (Wildman–Crippen LogP) is 1.94. The Morgan fingerprint density at radius 2 is 2.11 bits per heavy atom. The van der Waals surface area contributed by atoms with E-state index in [1.807, 2.05) is 6.20 Å². The third-order valence-corrected chi connectivity index (χ3v) is 3.39. The van der Waals surface area contributed by atoms with Crippen molar-refractivity contribution in [2.75, 3.05) is 31.2 Å². The summed E-state index contributed by atoms with van der Waals surface area (Å²) in [6.45, 7) is 6.12. The van der Waals surface area contributed by atoms with Crippen LogP contribution in [0.3, 0.4) is 0 Å². The van der Waals surface area contributed by atoms with Crippen LogP contribution in [0.15, 0.2) is 12.3 Å². The van der Waals surface area contributed by atoms with E-state index in [1.54, 1.807) is 0 Å². The second-order valence-corrected chi connectivity index (χ2v) is 4.59. The molecule has 0 aromatic carbocycles. The van der Waals surface area contributed by atoms with Gasteiger partial charge in [0, 0.05) is 25.8 Å². The molecular weight excluding hydrogens is 252 g/mol. The zero-order valence-electron chi connectivity index (χ0n) is 10.3. The van der Waals surface area contributed by atoms with Crippen LogP contribution in [0.1, 0.15) is 6.92 Å². The predicted molar refractivity (Wildman–Crippen MR) is 71.2 cm³/mol. The van der Waals surface area contributed by atoms with Gasteiger partial charge in [0.15, 0.2) is 0 Å². The largest absolute Gasteiger partial charge is 0.378 e. The molecule has 0 amide bonds. The number of hydrogen-bond acceptors (Lipinski definition) is 4. The van der Waals surface area contributed by atoms with Gasteiger partial charge in [0.1, 0.15) is 11.5 Å². The number of fused-ring (bicyclic) bond motifs is 1. The van der Waals surface area contributed by atoms with Gasteiger partial charge in [-0.05, 0) is 24.6 Å². The molecule has 0 saturated carbocycles. The van der Waals surface area contributed by atoms with Gasteiger partial charge >= 0.3 is 0 Å². The van der Waals surface area contributed by atoms with Gasteiger partial charge in [0.25, 0.3) is 0 Å². The number of halogens is 1. The molecule has 2 aromatic rings. The molecule has 1 fully saturated rings. The number of morpholine rings is 1. The lowest BCUT2D eigenvalue weighted by Gasteiger charge is -2.28. The molecule has 1 aliphatic rings. The van der Waals surface area contributed by atoms with Gasteiger partial charge in [-0.2, -0.15) is 9.97 Å². The summed E-state index contributed by atoms with van der Waals surface area (Å²) in [5.74, 6) is 0.917. The van der Waals surface area contributed by atoms with Crippen LogP contribution in [0.25, 0.3) is 11.0 Å². The number of hydrogen-bond donors (Lipinski definition) is 0. The van der Waals surface area contributed by atoms with Crippen molar-refractivity contribution in [1.82, 2.24) is 14.5 Å². The van der Waals surface area contributed by atoms with E-state index in [1.165, 1.54) is 0 Å². The quantitative estimate of drug-likeness (QED) is 0.779. The van der Waals surface area contributed by atoms with E-state index in [0.29, 0.717) is 5.28 Å². The third kappa shape index (κ3) is 1.93. The van der Waals surface area contributed by atoms with Crippen LogP contribution in [0.5, 0.6) is 0 Å². The number of ether oxygens (including phenoxy) is 1. The zero-order valence-corrected chi connectivity index (χ0v) is 11.0. The topological polar surface area (TPSA) is 43.2 Å². The van der Waals surface area contributed by atoms with E-state index in [2.05, 4.69) is 32.4 Å². The molecule has 0 N–H and O–H groups in total. The average Bonchev–Trinajstić information content (AvgIpc) is 2.81. The maximum atomic E-state index is 6.04. The fraction of sp³-hybridized carbons (Fsp3) is 0.500. The molecule has 18 heavy (non-hydrogen) atoms. The maximum Gasteiger partial charge on any atom is 0.226 e. The smallest absolute Gasteiger partial charge is 0.226 e. The van der Waals surface area contributed by atoms with E-state index in [9.17, 15) is 0 Å². The molecule has 2 aromatic heterocycles. The normalized spacial score (nSPS) is 16.4. The molecule has 1 aliphatic heterocycles. The molecule has 0 aliphatic carbocycles. The minimum atomic E-state index is 0.303. The minimum absolute atomic E-state index is 0.303. The third-order valence-electron chi connectivity index (χ3n) is 3.22. The van der Waals surface area contributed by atoms with Crippen molar-refractivity contribution >= 4 is 28.5 Å². The number of aryl methyl sites for hydroxylation is 1. The molecule has 6 heteroatoms. The monoisotopic (exact) mass is 266 g/mol. The zero-order chi connectivity index (χ0) is 12.5. The fourth-order valence-electron chi connectivity index (χ4n) is 2.29. The summed E-state index contributed by atoms with van der Waals surface area (Å²) < 4.78 is 7.44. The van der Waals surface area contributed by atoms with Gasteiger partial charge in [-0.25, -0.2) is 0 Å². The Morgan fingerprint density at radius 1 is 1.33 bits per heavy atom. The summed E-state index contributed by atoms with van der Waals surface area (Å²) in [7, 11) is 0. The van der Waals surface area contributed by atoms with Crippen molar-refractivity contribution in [3.63, 3.8) is 0 Å². The molecule has 0 atom stereocenters. The van der Waals surface area contributed by atoms with Crippen LogP contribution < -0.4 is 4.90 Å². The molecule has 3 heterocycles. The van der Waals surface area contributed by atoms with E-state index >= 15 is 0 Å². The van der Waals surface area contributed by atoms with Crippen molar-refractivity contribution in [2.24, 2.45) is 0 Å². The van der Waals surface area contributed by atoms with Crippen LogP contribution in [0.4, 0.5) is 5.82 Å². The van der Waals surface area contributed by atoms with Crippen molar-refractivity contribution in [2.45, 2.75) is 13.5 Å². The van der Waals surface area contributed by atoms with E-state index in [0.717, 1.165) is 49.7 Å². The molecule has 0 spiro atoms. The van der Waals surface area contributed by atoms with Gasteiger partial charge in [0.05, 0.1) is 18.6 Å². The van der Waals surface area contributed by atoms with E-state index in [4.69, 9.17) is 16.3 Å². The van der Waals surface area contributed by atoms with Crippen LogP contribution in [-0.2, 0) is 11.3 Å². The molecule has 3 rings (SSSR count). The number of rotatable bonds is 2. The van der Waals surface area contributed by atoms with Crippen LogP contribution in [0.2, 0.25) is 5.28 Å². The minimum Gasteiger partial charge on any atom is -0.378 e. The molecular formula is C12H15ClN4O. The summed E-state index contributed by atoms with van der Waals surface area (Å²) in [5, 5.41) is 1.36. The summed E-state index contributed by atoms with van der Waals surface area (Å²) in [4.78, 5) is 10.9. The first kappa shape index (κ1) is 11.7. The maximum absolute atomic E-state index is 6.04. The first-order chi connectivity index (χ1) is 8.79.